The van der Waals surface area contributed by atoms with Crippen LogP contribution in [0.2, 0.25) is 0 Å². The first-order chi connectivity index (χ1) is 8.56. The highest BCUT2D eigenvalue weighted by molar-refractivity contribution is 9.10. The minimum Gasteiger partial charge on any atom is -0.398 e. The van der Waals surface area contributed by atoms with Gasteiger partial charge in [0.1, 0.15) is 0 Å². The van der Waals surface area contributed by atoms with Gasteiger partial charge in [-0.1, -0.05) is 6.07 Å². The highest BCUT2D eigenvalue weighted by Crippen LogP contribution is 2.24. The van der Waals surface area contributed by atoms with E-state index < -0.39 is 0 Å². The average molecular weight is 313 g/mol. The fraction of sp³-hybridized carbons (Fsp3) is 0.571. The number of aliphatic hydroxyl groups is 1. The van der Waals surface area contributed by atoms with Crippen molar-refractivity contribution in [3.63, 3.8) is 0 Å². The minimum atomic E-state index is -0.171. The van der Waals surface area contributed by atoms with Crippen molar-refractivity contribution >= 4 is 21.6 Å². The van der Waals surface area contributed by atoms with Gasteiger partial charge in [-0.05, 0) is 72.4 Å². The van der Waals surface area contributed by atoms with E-state index in [0.717, 1.165) is 42.6 Å². The zero-order valence-corrected chi connectivity index (χ0v) is 12.4. The Labute approximate surface area is 117 Å². The molecule has 18 heavy (non-hydrogen) atoms. The molecule has 0 aliphatic carbocycles. The van der Waals surface area contributed by atoms with E-state index in [0.29, 0.717) is 5.92 Å². The molecule has 1 aliphatic heterocycles. The summed E-state index contributed by atoms with van der Waals surface area (Å²) in [5.41, 5.74) is 7.94. The van der Waals surface area contributed by atoms with Gasteiger partial charge in [0.25, 0.3) is 0 Å². The number of hydrogen-bond donors (Lipinski definition) is 2. The lowest BCUT2D eigenvalue weighted by Gasteiger charge is -2.33. The molecule has 1 aliphatic rings. The molecule has 0 bridgehead atoms. The molecule has 0 spiro atoms. The Bertz CT molecular complexity index is 401. The van der Waals surface area contributed by atoms with Gasteiger partial charge in [0, 0.05) is 16.7 Å². The van der Waals surface area contributed by atoms with E-state index in [1.54, 1.807) is 0 Å². The van der Waals surface area contributed by atoms with Crippen LogP contribution in [-0.4, -0.2) is 29.2 Å². The summed E-state index contributed by atoms with van der Waals surface area (Å²) in [5.74, 6) is 0.469. The topological polar surface area (TPSA) is 49.5 Å². The maximum atomic E-state index is 9.58. The average Bonchev–Trinajstić information content (AvgIpc) is 2.34. The number of halogens is 1. The molecule has 100 valence electrons. The number of hydrogen-bond acceptors (Lipinski definition) is 3. The predicted octanol–water partition coefficient (Wildman–Crippen LogP) is 2.62. The third-order valence-electron chi connectivity index (χ3n) is 3.78. The molecule has 1 unspecified atom stereocenters. The van der Waals surface area contributed by atoms with Crippen LogP contribution >= 0.6 is 15.9 Å². The molecule has 0 saturated carbocycles. The summed E-state index contributed by atoms with van der Waals surface area (Å²) in [6.45, 7) is 4.97. The van der Waals surface area contributed by atoms with E-state index in [1.165, 1.54) is 5.56 Å². The first kappa shape index (κ1) is 13.8. The van der Waals surface area contributed by atoms with Gasteiger partial charge >= 0.3 is 0 Å². The second-order valence-electron chi connectivity index (χ2n) is 5.21. The molecular weight excluding hydrogens is 292 g/mol. The molecule has 2 rings (SSSR count). The van der Waals surface area contributed by atoms with Crippen LogP contribution in [0.1, 0.15) is 25.3 Å². The SMILES string of the molecule is CC(O)C1CCN(Cc2ccc(Br)c(N)c2)CC1. The summed E-state index contributed by atoms with van der Waals surface area (Å²) < 4.78 is 0.957. The van der Waals surface area contributed by atoms with Crippen molar-refractivity contribution in [2.75, 3.05) is 18.8 Å². The highest BCUT2D eigenvalue weighted by atomic mass is 79.9. The van der Waals surface area contributed by atoms with Crippen molar-refractivity contribution < 1.29 is 5.11 Å². The second kappa shape index (κ2) is 6.04. The van der Waals surface area contributed by atoms with Crippen molar-refractivity contribution in [3.8, 4) is 0 Å². The molecule has 3 N–H and O–H groups in total. The van der Waals surface area contributed by atoms with Gasteiger partial charge in [0.2, 0.25) is 0 Å². The number of aliphatic hydroxyl groups excluding tert-OH is 1. The van der Waals surface area contributed by atoms with E-state index in [-0.39, 0.29) is 6.10 Å². The summed E-state index contributed by atoms with van der Waals surface area (Å²) >= 11 is 3.41. The van der Waals surface area contributed by atoms with E-state index in [1.807, 2.05) is 19.1 Å². The Morgan fingerprint density at radius 3 is 2.67 bits per heavy atom. The monoisotopic (exact) mass is 312 g/mol. The molecule has 0 radical (unpaired) electrons. The number of piperidine rings is 1. The molecule has 4 heteroatoms. The molecule has 0 aromatic heterocycles. The Morgan fingerprint density at radius 2 is 2.11 bits per heavy atom. The molecule has 1 aromatic rings. The van der Waals surface area contributed by atoms with Gasteiger partial charge in [-0.3, -0.25) is 4.90 Å². The van der Waals surface area contributed by atoms with E-state index in [2.05, 4.69) is 26.9 Å². The minimum absolute atomic E-state index is 0.171. The third-order valence-corrected chi connectivity index (χ3v) is 4.50. The van der Waals surface area contributed by atoms with Gasteiger partial charge < -0.3 is 10.8 Å². The highest BCUT2D eigenvalue weighted by Gasteiger charge is 2.22. The Hall–Kier alpha value is -0.580. The largest absolute Gasteiger partial charge is 0.398 e. The quantitative estimate of drug-likeness (QED) is 0.844. The summed E-state index contributed by atoms with van der Waals surface area (Å²) in [6.07, 6.45) is 2.00. The fourth-order valence-corrected chi connectivity index (χ4v) is 2.79. The molecule has 1 aromatic carbocycles. The molecule has 0 amide bonds. The maximum Gasteiger partial charge on any atom is 0.0541 e. The summed E-state index contributed by atoms with van der Waals surface area (Å²) in [4.78, 5) is 2.43. The summed E-state index contributed by atoms with van der Waals surface area (Å²) in [5, 5.41) is 9.58. The van der Waals surface area contributed by atoms with Gasteiger partial charge in [0.15, 0.2) is 0 Å². The van der Waals surface area contributed by atoms with Crippen LogP contribution in [0.5, 0.6) is 0 Å². The zero-order valence-electron chi connectivity index (χ0n) is 10.8. The smallest absolute Gasteiger partial charge is 0.0541 e. The van der Waals surface area contributed by atoms with Gasteiger partial charge in [-0.25, -0.2) is 0 Å². The van der Waals surface area contributed by atoms with Crippen molar-refractivity contribution in [3.05, 3.63) is 28.2 Å². The normalized spacial score (nSPS) is 19.9. The first-order valence-corrected chi connectivity index (χ1v) is 7.30. The van der Waals surface area contributed by atoms with Gasteiger partial charge in [0.05, 0.1) is 6.10 Å². The van der Waals surface area contributed by atoms with Crippen LogP contribution in [0.3, 0.4) is 0 Å². The molecule has 1 atom stereocenters. The fourth-order valence-electron chi connectivity index (χ4n) is 2.54. The lowest BCUT2D eigenvalue weighted by molar-refractivity contribution is 0.0695. The number of benzene rings is 1. The maximum absolute atomic E-state index is 9.58. The van der Waals surface area contributed by atoms with Crippen LogP contribution in [0.4, 0.5) is 5.69 Å². The lowest BCUT2D eigenvalue weighted by Crippen LogP contribution is -2.36. The van der Waals surface area contributed by atoms with Crippen molar-refractivity contribution in [1.82, 2.24) is 4.90 Å². The first-order valence-electron chi connectivity index (χ1n) is 6.50. The van der Waals surface area contributed by atoms with E-state index in [9.17, 15) is 5.11 Å². The van der Waals surface area contributed by atoms with Crippen LogP contribution in [0.15, 0.2) is 22.7 Å². The van der Waals surface area contributed by atoms with E-state index in [4.69, 9.17) is 5.73 Å². The molecule has 1 fully saturated rings. The third kappa shape index (κ3) is 3.46. The molecule has 1 saturated heterocycles. The number of rotatable bonds is 3. The predicted molar refractivity (Wildman–Crippen MR) is 78.2 cm³/mol. The standard InChI is InChI=1S/C14H21BrN2O/c1-10(18)12-4-6-17(7-5-12)9-11-2-3-13(15)14(16)8-11/h2-3,8,10,12,18H,4-7,9,16H2,1H3. The van der Waals surface area contributed by atoms with Gasteiger partial charge in [-0.15, -0.1) is 0 Å². The number of likely N-dealkylation sites (tertiary alicyclic amines) is 1. The summed E-state index contributed by atoms with van der Waals surface area (Å²) in [6, 6.07) is 6.15. The van der Waals surface area contributed by atoms with Crippen molar-refractivity contribution in [2.24, 2.45) is 5.92 Å². The number of nitrogen functional groups attached to an aromatic ring is 1. The molecular formula is C14H21BrN2O. The molecule has 3 nitrogen and oxygen atoms in total. The summed E-state index contributed by atoms with van der Waals surface area (Å²) in [7, 11) is 0. The van der Waals surface area contributed by atoms with Gasteiger partial charge in [-0.2, -0.15) is 0 Å². The second-order valence-corrected chi connectivity index (χ2v) is 6.06. The van der Waals surface area contributed by atoms with Crippen LogP contribution < -0.4 is 5.73 Å². The Kier molecular flexibility index (Phi) is 4.65. The lowest BCUT2D eigenvalue weighted by atomic mass is 9.92. The Morgan fingerprint density at radius 1 is 1.44 bits per heavy atom. The zero-order chi connectivity index (χ0) is 13.1. The van der Waals surface area contributed by atoms with Crippen LogP contribution in [-0.2, 0) is 6.54 Å². The number of anilines is 1. The van der Waals surface area contributed by atoms with Crippen molar-refractivity contribution in [2.45, 2.75) is 32.4 Å². The van der Waals surface area contributed by atoms with E-state index >= 15 is 0 Å². The van der Waals surface area contributed by atoms with Crippen molar-refractivity contribution in [1.29, 1.82) is 0 Å². The van der Waals surface area contributed by atoms with Crippen LogP contribution in [0, 0.1) is 5.92 Å². The van der Waals surface area contributed by atoms with Crippen LogP contribution in [0.25, 0.3) is 0 Å². The Balaban J connectivity index is 1.89. The molecule has 1 heterocycles. The number of nitrogens with zero attached hydrogens (tertiary/aromatic N) is 1. The number of nitrogens with two attached hydrogens (primary N) is 1.